The molecule has 1 saturated carbocycles. The maximum Gasteiger partial charge on any atom is 0.472 e. The Morgan fingerprint density at radius 2 is 1.19 bits per heavy atom. The van der Waals surface area contributed by atoms with Crippen molar-refractivity contribution < 1.29 is 67.9 Å². The highest BCUT2D eigenvalue weighted by atomic mass is 31.2. The maximum absolute atomic E-state index is 12.5. The number of phosphoric acid groups is 1. The number of hydrogen-bond acceptors (Lipinski definition) is 13. The van der Waals surface area contributed by atoms with Gasteiger partial charge in [-0.3, -0.25) is 18.6 Å². The lowest BCUT2D eigenvalue weighted by Gasteiger charge is -2.41. The minimum Gasteiger partial charge on any atom is -0.462 e. The highest BCUT2D eigenvalue weighted by molar-refractivity contribution is 7.47. The van der Waals surface area contributed by atoms with Crippen molar-refractivity contribution in [3.05, 3.63) is 12.2 Å². The van der Waals surface area contributed by atoms with Crippen LogP contribution in [0.15, 0.2) is 12.2 Å². The molecule has 6 N–H and O–H groups in total. The zero-order valence-corrected chi connectivity index (χ0v) is 28.5. The number of carbonyl (C=O) groups is 3. The summed E-state index contributed by atoms with van der Waals surface area (Å²) in [5.41, 5.74) is 0. The summed E-state index contributed by atoms with van der Waals surface area (Å²) in [7, 11) is -5.13. The van der Waals surface area contributed by atoms with Gasteiger partial charge in [0, 0.05) is 19.3 Å². The van der Waals surface area contributed by atoms with Crippen LogP contribution >= 0.6 is 7.82 Å². The van der Waals surface area contributed by atoms with Gasteiger partial charge < -0.3 is 44.7 Å². The van der Waals surface area contributed by atoms with E-state index in [4.69, 9.17) is 18.5 Å². The molecule has 0 aliphatic heterocycles. The van der Waals surface area contributed by atoms with E-state index in [-0.39, 0.29) is 25.7 Å². The van der Waals surface area contributed by atoms with E-state index in [9.17, 15) is 49.4 Å². The van der Waals surface area contributed by atoms with Gasteiger partial charge in [0.15, 0.2) is 6.10 Å². The molecule has 1 rings (SSSR count). The van der Waals surface area contributed by atoms with Crippen molar-refractivity contribution in [1.82, 2.24) is 0 Å². The summed E-state index contributed by atoms with van der Waals surface area (Å²) in [4.78, 5) is 45.2. The lowest BCUT2D eigenvalue weighted by Crippen LogP contribution is -2.64. The average molecular weight is 697 g/mol. The molecule has 0 amide bonds. The Morgan fingerprint density at radius 3 is 1.77 bits per heavy atom. The molecule has 0 aromatic heterocycles. The molecule has 0 radical (unpaired) electrons. The van der Waals surface area contributed by atoms with Crippen LogP contribution in [0, 0.1) is 0 Å². The van der Waals surface area contributed by atoms with Crippen molar-refractivity contribution in [2.45, 2.75) is 159 Å². The molecule has 1 aliphatic rings. The van der Waals surface area contributed by atoms with Gasteiger partial charge in [-0.05, 0) is 38.5 Å². The highest BCUT2D eigenvalue weighted by Crippen LogP contribution is 2.47. The highest BCUT2D eigenvalue weighted by Gasteiger charge is 2.51. The van der Waals surface area contributed by atoms with Gasteiger partial charge in [-0.2, -0.15) is 0 Å². The molecule has 0 heterocycles. The lowest BCUT2D eigenvalue weighted by molar-refractivity contribution is -0.220. The van der Waals surface area contributed by atoms with Crippen LogP contribution < -0.4 is 0 Å². The molecule has 0 aromatic carbocycles. The third-order valence-electron chi connectivity index (χ3n) is 7.83. The summed E-state index contributed by atoms with van der Waals surface area (Å²) in [5.74, 6) is -1.34. The van der Waals surface area contributed by atoms with Crippen molar-refractivity contribution in [2.75, 3.05) is 13.2 Å². The number of unbranched alkanes of at least 4 members (excludes halogenated alkanes) is 12. The van der Waals surface area contributed by atoms with Gasteiger partial charge in [0.2, 0.25) is 0 Å². The largest absolute Gasteiger partial charge is 0.472 e. The Kier molecular flexibility index (Phi) is 23.3. The minimum absolute atomic E-state index is 0.110. The standard InChI is InChI=1S/C32H57O14P/c1-2-3-4-5-6-7-8-9-10-11-12-13-14-15-16-19-25(34)43-22-24(45-26(35)20-17-18-21-33)23-44-47(41,42)46-32-30(39)28(37)27(36)29(38)31(32)40/h9-10,21,24,27-32,36-40H,2-8,11-20,22-23H2,1H3,(H,41,42)/b10-9-/t24-,27?,28-,29?,30?,31?,32?/m1/s1. The Labute approximate surface area is 278 Å². The van der Waals surface area contributed by atoms with Crippen LogP contribution in [0.1, 0.15) is 116 Å². The zero-order valence-electron chi connectivity index (χ0n) is 27.6. The van der Waals surface area contributed by atoms with E-state index in [1.807, 2.05) is 0 Å². The van der Waals surface area contributed by atoms with Crippen LogP contribution in [-0.4, -0.2) is 105 Å². The van der Waals surface area contributed by atoms with Crippen molar-refractivity contribution in [1.29, 1.82) is 0 Å². The fourth-order valence-electron chi connectivity index (χ4n) is 4.97. The van der Waals surface area contributed by atoms with Crippen LogP contribution in [0.2, 0.25) is 0 Å². The summed E-state index contributed by atoms with van der Waals surface area (Å²) in [6.07, 6.45) is 6.43. The van der Waals surface area contributed by atoms with E-state index in [1.54, 1.807) is 0 Å². The molecule has 0 saturated heterocycles. The molecular formula is C32H57O14P. The molecule has 0 aromatic rings. The van der Waals surface area contributed by atoms with Gasteiger partial charge >= 0.3 is 19.8 Å². The van der Waals surface area contributed by atoms with Gasteiger partial charge in [0.25, 0.3) is 0 Å². The van der Waals surface area contributed by atoms with E-state index in [0.717, 1.165) is 38.5 Å². The number of aliphatic hydroxyl groups excluding tert-OH is 5. The first-order valence-corrected chi connectivity index (χ1v) is 18.4. The third kappa shape index (κ3) is 19.1. The Balaban J connectivity index is 2.43. The predicted molar refractivity (Wildman–Crippen MR) is 171 cm³/mol. The summed E-state index contributed by atoms with van der Waals surface area (Å²) in [6, 6.07) is 0. The van der Waals surface area contributed by atoms with Crippen molar-refractivity contribution in [3.8, 4) is 0 Å². The quantitative estimate of drug-likeness (QED) is 0.0239. The second-order valence-corrected chi connectivity index (χ2v) is 13.4. The van der Waals surface area contributed by atoms with Gasteiger partial charge in [-0.25, -0.2) is 4.57 Å². The first-order chi connectivity index (χ1) is 22.4. The molecule has 1 fully saturated rings. The van der Waals surface area contributed by atoms with Crippen LogP contribution in [-0.2, 0) is 37.5 Å². The monoisotopic (exact) mass is 696 g/mol. The van der Waals surface area contributed by atoms with E-state index >= 15 is 0 Å². The fraction of sp³-hybridized carbons (Fsp3) is 0.844. The summed E-state index contributed by atoms with van der Waals surface area (Å²) in [5, 5.41) is 49.4. The van der Waals surface area contributed by atoms with E-state index in [1.165, 1.54) is 38.5 Å². The normalized spacial score (nSPS) is 24.9. The summed E-state index contributed by atoms with van der Waals surface area (Å²) in [6.45, 7) is 0.901. The molecule has 6 unspecified atom stereocenters. The Hall–Kier alpha value is -1.74. The van der Waals surface area contributed by atoms with Gasteiger partial charge in [0.1, 0.15) is 49.5 Å². The predicted octanol–water partition coefficient (Wildman–Crippen LogP) is 3.17. The average Bonchev–Trinajstić information content (AvgIpc) is 3.04. The number of aliphatic hydroxyl groups is 5. The number of ether oxygens (including phenoxy) is 2. The van der Waals surface area contributed by atoms with Crippen LogP contribution in [0.5, 0.6) is 0 Å². The minimum atomic E-state index is -5.13. The number of carbonyl (C=O) groups excluding carboxylic acids is 3. The fourth-order valence-corrected chi connectivity index (χ4v) is 5.94. The molecule has 274 valence electrons. The first kappa shape index (κ1) is 43.3. The Morgan fingerprint density at radius 1 is 0.681 bits per heavy atom. The molecular weight excluding hydrogens is 639 g/mol. The summed E-state index contributed by atoms with van der Waals surface area (Å²) >= 11 is 0. The van der Waals surface area contributed by atoms with Crippen molar-refractivity contribution >= 4 is 26.0 Å². The van der Waals surface area contributed by atoms with Gasteiger partial charge in [-0.15, -0.1) is 0 Å². The van der Waals surface area contributed by atoms with Crippen LogP contribution in [0.4, 0.5) is 0 Å². The molecule has 47 heavy (non-hydrogen) atoms. The van der Waals surface area contributed by atoms with Crippen LogP contribution in [0.25, 0.3) is 0 Å². The lowest BCUT2D eigenvalue weighted by atomic mass is 9.85. The third-order valence-corrected chi connectivity index (χ3v) is 8.81. The molecule has 1 aliphatic carbocycles. The zero-order chi connectivity index (χ0) is 35.1. The second-order valence-electron chi connectivity index (χ2n) is 12.0. The molecule has 15 heteroatoms. The maximum atomic E-state index is 12.5. The van der Waals surface area contributed by atoms with E-state index in [0.29, 0.717) is 12.7 Å². The van der Waals surface area contributed by atoms with E-state index in [2.05, 4.69) is 19.1 Å². The number of rotatable bonds is 27. The molecule has 0 bridgehead atoms. The van der Waals surface area contributed by atoms with E-state index < -0.39 is 75.7 Å². The second kappa shape index (κ2) is 25.3. The van der Waals surface area contributed by atoms with Gasteiger partial charge in [0.05, 0.1) is 6.61 Å². The topological polar surface area (TPSA) is 227 Å². The SMILES string of the molecule is CCCCCCCC/C=C\CCCCCCCC(=O)OC[C@H](COP(=O)(O)OC1C(O)C(O)C(O)[C@@H](O)C1O)OC(=O)CCCC=O. The number of hydrogen-bond donors (Lipinski definition) is 6. The molecule has 14 nitrogen and oxygen atoms in total. The number of allylic oxidation sites excluding steroid dienone is 2. The number of aldehydes is 1. The van der Waals surface area contributed by atoms with Crippen LogP contribution in [0.3, 0.4) is 0 Å². The number of esters is 2. The molecule has 0 spiro atoms. The van der Waals surface area contributed by atoms with Crippen molar-refractivity contribution in [2.24, 2.45) is 0 Å². The first-order valence-electron chi connectivity index (χ1n) is 16.9. The smallest absolute Gasteiger partial charge is 0.462 e. The molecule has 8 atom stereocenters. The van der Waals surface area contributed by atoms with Crippen molar-refractivity contribution in [3.63, 3.8) is 0 Å². The Bertz CT molecular complexity index is 931. The number of phosphoric ester groups is 1. The van der Waals surface area contributed by atoms with Gasteiger partial charge in [-0.1, -0.05) is 70.4 Å². The summed E-state index contributed by atoms with van der Waals surface area (Å²) < 4.78 is 32.5.